The van der Waals surface area contributed by atoms with Crippen molar-refractivity contribution in [3.8, 4) is 0 Å². The molecule has 0 aromatic heterocycles. The minimum absolute atomic E-state index is 0.00363. The second kappa shape index (κ2) is 9.47. The molecule has 1 aliphatic rings. The quantitative estimate of drug-likeness (QED) is 0.586. The van der Waals surface area contributed by atoms with E-state index in [4.69, 9.17) is 0 Å². The van der Waals surface area contributed by atoms with Gasteiger partial charge in [-0.2, -0.15) is 0 Å². The molecule has 3 nitrogen and oxygen atoms in total. The maximum absolute atomic E-state index is 13.8. The summed E-state index contributed by atoms with van der Waals surface area (Å²) in [6.07, 6.45) is 8.08. The van der Waals surface area contributed by atoms with E-state index in [2.05, 4.69) is 29.2 Å². The van der Waals surface area contributed by atoms with Gasteiger partial charge >= 0.3 is 0 Å². The Balaban J connectivity index is 1.99. The molecule has 29 heavy (non-hydrogen) atoms. The molecule has 0 heterocycles. The van der Waals surface area contributed by atoms with Crippen molar-refractivity contribution in [2.75, 3.05) is 6.26 Å². The predicted octanol–water partition coefficient (Wildman–Crippen LogP) is 4.88. The highest BCUT2D eigenvalue weighted by Gasteiger charge is 2.52. The number of ketones is 1. The molecule has 152 valence electrons. The van der Waals surface area contributed by atoms with Crippen LogP contribution in [0.4, 0.5) is 0 Å². The molecule has 3 rings (SSSR count). The van der Waals surface area contributed by atoms with Gasteiger partial charge in [0.05, 0.1) is 12.0 Å². The number of Topliss-reactive ketones (excluding diaryl/α,β-unsaturated/α-hetero) is 1. The van der Waals surface area contributed by atoms with Crippen molar-refractivity contribution >= 4 is 17.0 Å². The van der Waals surface area contributed by atoms with E-state index < -0.39 is 15.9 Å². The van der Waals surface area contributed by atoms with E-state index in [0.717, 1.165) is 17.5 Å². The number of allylic oxidation sites excluding steroid dienone is 3. The van der Waals surface area contributed by atoms with Crippen molar-refractivity contribution in [3.05, 3.63) is 95.7 Å². The van der Waals surface area contributed by atoms with Crippen LogP contribution in [0.2, 0.25) is 0 Å². The molecule has 0 radical (unpaired) electrons. The Kier molecular flexibility index (Phi) is 6.99. The Morgan fingerprint density at radius 3 is 1.97 bits per heavy atom. The van der Waals surface area contributed by atoms with Crippen molar-refractivity contribution in [2.45, 2.75) is 38.1 Å². The highest BCUT2D eigenvalue weighted by Crippen LogP contribution is 2.37. The van der Waals surface area contributed by atoms with Gasteiger partial charge in [0.15, 0.2) is 0 Å². The van der Waals surface area contributed by atoms with Gasteiger partial charge < -0.3 is 9.45 Å². The van der Waals surface area contributed by atoms with E-state index in [-0.39, 0.29) is 11.7 Å². The van der Waals surface area contributed by atoms with E-state index in [1.807, 2.05) is 68.5 Å². The zero-order valence-electron chi connectivity index (χ0n) is 17.4. The van der Waals surface area contributed by atoms with Crippen molar-refractivity contribution in [1.82, 2.24) is 4.90 Å². The second-order valence-electron chi connectivity index (χ2n) is 7.62. The summed E-state index contributed by atoms with van der Waals surface area (Å²) in [5.41, 5.74) is 2.91. The van der Waals surface area contributed by atoms with Crippen molar-refractivity contribution < 1.29 is 9.35 Å². The lowest BCUT2D eigenvalue weighted by Crippen LogP contribution is -2.53. The molecule has 0 aliphatic heterocycles. The lowest BCUT2D eigenvalue weighted by molar-refractivity contribution is -0.119. The number of nitrogens with zero attached hydrogens (tertiary/aromatic N) is 1. The maximum atomic E-state index is 13.8. The van der Waals surface area contributed by atoms with E-state index in [9.17, 15) is 9.35 Å². The first-order chi connectivity index (χ1) is 14.0. The summed E-state index contributed by atoms with van der Waals surface area (Å²) in [4.78, 5) is 15.9. The van der Waals surface area contributed by atoms with Crippen molar-refractivity contribution in [2.24, 2.45) is 5.92 Å². The first-order valence-electron chi connectivity index (χ1n) is 10.1. The summed E-state index contributed by atoms with van der Waals surface area (Å²) in [6.45, 7) is 5.30. The molecule has 2 aromatic carbocycles. The maximum Gasteiger partial charge on any atom is 0.238 e. The van der Waals surface area contributed by atoms with Gasteiger partial charge in [-0.1, -0.05) is 80.6 Å². The lowest BCUT2D eigenvalue weighted by atomic mass is 9.82. The molecular formula is C25H29NO2S. The number of hydrogen-bond acceptors (Lipinski definition) is 3. The largest absolute Gasteiger partial charge is 0.616 e. The smallest absolute Gasteiger partial charge is 0.238 e. The topological polar surface area (TPSA) is 43.4 Å². The molecular weight excluding hydrogens is 378 g/mol. The van der Waals surface area contributed by atoms with Gasteiger partial charge in [0, 0.05) is 19.0 Å². The van der Waals surface area contributed by atoms with Gasteiger partial charge in [-0.05, 0) is 40.9 Å². The van der Waals surface area contributed by atoms with Crippen LogP contribution < -0.4 is 0 Å². The fourth-order valence-electron chi connectivity index (χ4n) is 3.92. The third-order valence-corrected chi connectivity index (χ3v) is 7.45. The zero-order valence-corrected chi connectivity index (χ0v) is 18.2. The highest BCUT2D eigenvalue weighted by atomic mass is 32.2. The molecule has 3 atom stereocenters. The molecule has 4 heteroatoms. The fraction of sp³-hybridized carbons (Fsp3) is 0.320. The molecule has 0 fully saturated rings. The summed E-state index contributed by atoms with van der Waals surface area (Å²) in [5, 5.41) is 0. The van der Waals surface area contributed by atoms with Gasteiger partial charge in [-0.3, -0.25) is 4.79 Å². The Morgan fingerprint density at radius 2 is 1.52 bits per heavy atom. The zero-order chi connectivity index (χ0) is 20.9. The summed E-state index contributed by atoms with van der Waals surface area (Å²) >= 11 is -1.30. The summed E-state index contributed by atoms with van der Waals surface area (Å²) in [7, 11) is 0. The third kappa shape index (κ3) is 4.49. The Morgan fingerprint density at radius 1 is 1.00 bits per heavy atom. The standard InChI is InChI=1S/C25H29NO2S/c1-4-20(2)25(29(3)28)17-11-16-23(24(25)27)26(18-21-12-7-5-8-13-21)19-22-14-9-6-10-15-22/h5-17,20H,4,18-19H2,1-3H3/t20-,25?,29?/m0/s1. The van der Waals surface area contributed by atoms with E-state index in [1.165, 1.54) is 0 Å². The van der Waals surface area contributed by atoms with E-state index in [0.29, 0.717) is 18.8 Å². The van der Waals surface area contributed by atoms with E-state index >= 15 is 0 Å². The Labute approximate surface area is 177 Å². The molecule has 0 N–H and O–H groups in total. The molecule has 0 saturated carbocycles. The van der Waals surface area contributed by atoms with Gasteiger partial charge in [-0.25, -0.2) is 0 Å². The summed E-state index contributed by atoms with van der Waals surface area (Å²) < 4.78 is 11.8. The van der Waals surface area contributed by atoms with E-state index in [1.54, 1.807) is 6.26 Å². The van der Waals surface area contributed by atoms with Crippen LogP contribution in [-0.2, 0) is 29.1 Å². The molecule has 0 bridgehead atoms. The molecule has 0 saturated heterocycles. The number of carbonyl (C=O) groups is 1. The number of rotatable bonds is 8. The Hall–Kier alpha value is -2.30. The molecule has 1 aliphatic carbocycles. The Bertz CT molecular complexity index is 835. The minimum atomic E-state index is -1.30. The molecule has 2 unspecified atom stereocenters. The van der Waals surface area contributed by atoms with Crippen molar-refractivity contribution in [3.63, 3.8) is 0 Å². The molecule has 2 aromatic rings. The monoisotopic (exact) mass is 407 g/mol. The third-order valence-electron chi connectivity index (χ3n) is 5.78. The average Bonchev–Trinajstić information content (AvgIpc) is 2.74. The first-order valence-corrected chi connectivity index (χ1v) is 11.7. The van der Waals surface area contributed by atoms with Crippen LogP contribution in [0.3, 0.4) is 0 Å². The second-order valence-corrected chi connectivity index (χ2v) is 9.21. The van der Waals surface area contributed by atoms with Gasteiger partial charge in [-0.15, -0.1) is 0 Å². The van der Waals surface area contributed by atoms with Crippen LogP contribution in [0.1, 0.15) is 31.4 Å². The van der Waals surface area contributed by atoms with Gasteiger partial charge in [0.1, 0.15) is 0 Å². The molecule has 0 amide bonds. The van der Waals surface area contributed by atoms with Crippen LogP contribution in [0.25, 0.3) is 0 Å². The van der Waals surface area contributed by atoms with Gasteiger partial charge in [0.2, 0.25) is 10.5 Å². The number of benzene rings is 2. The van der Waals surface area contributed by atoms with Crippen molar-refractivity contribution in [1.29, 1.82) is 0 Å². The average molecular weight is 408 g/mol. The number of carbonyl (C=O) groups excluding carboxylic acids is 1. The highest BCUT2D eigenvalue weighted by molar-refractivity contribution is 7.93. The first kappa shape index (κ1) is 21.4. The van der Waals surface area contributed by atoms with Gasteiger partial charge in [0.25, 0.3) is 0 Å². The van der Waals surface area contributed by atoms with Crippen LogP contribution >= 0.6 is 0 Å². The number of hydrogen-bond donors (Lipinski definition) is 0. The minimum Gasteiger partial charge on any atom is -0.616 e. The summed E-state index contributed by atoms with van der Waals surface area (Å²) in [5.74, 6) is -0.0434. The molecule has 0 spiro atoms. The summed E-state index contributed by atoms with van der Waals surface area (Å²) in [6, 6.07) is 20.3. The van der Waals surface area contributed by atoms with Crippen LogP contribution in [0.15, 0.2) is 84.6 Å². The lowest BCUT2D eigenvalue weighted by Gasteiger charge is -2.39. The predicted molar refractivity (Wildman–Crippen MR) is 121 cm³/mol. The van der Waals surface area contributed by atoms with Crippen LogP contribution in [0, 0.1) is 5.92 Å². The van der Waals surface area contributed by atoms with Crippen LogP contribution in [0.5, 0.6) is 0 Å². The fourth-order valence-corrected chi connectivity index (χ4v) is 5.29. The van der Waals surface area contributed by atoms with Crippen LogP contribution in [-0.4, -0.2) is 26.2 Å². The SMILES string of the molecule is CC[C@H](C)C1([S+](C)[O-])C=CC=C(N(Cc2ccccc2)Cc2ccccc2)C1=O. The normalized spacial score (nSPS) is 20.8.